The van der Waals surface area contributed by atoms with E-state index in [9.17, 15) is 0 Å². The Bertz CT molecular complexity index is 352. The van der Waals surface area contributed by atoms with Crippen molar-refractivity contribution in [3.63, 3.8) is 0 Å². The average molecular weight is 231 g/mol. The van der Waals surface area contributed by atoms with Crippen LogP contribution in [0.25, 0.3) is 0 Å². The van der Waals surface area contributed by atoms with Gasteiger partial charge >= 0.3 is 0 Å². The summed E-state index contributed by atoms with van der Waals surface area (Å²) in [6.45, 7) is 3.28. The van der Waals surface area contributed by atoms with Crippen molar-refractivity contribution in [3.05, 3.63) is 35.9 Å². The van der Waals surface area contributed by atoms with Crippen LogP contribution in [0.4, 0.5) is 0 Å². The molecule has 0 amide bonds. The lowest BCUT2D eigenvalue weighted by Gasteiger charge is -2.44. The zero-order valence-electron chi connectivity index (χ0n) is 10.3. The third-order valence-corrected chi connectivity index (χ3v) is 4.11. The lowest BCUT2D eigenvalue weighted by Crippen LogP contribution is -2.56. The van der Waals surface area contributed by atoms with Gasteiger partial charge in [-0.2, -0.15) is 0 Å². The van der Waals surface area contributed by atoms with Gasteiger partial charge < -0.3 is 10.1 Å². The predicted molar refractivity (Wildman–Crippen MR) is 69.0 cm³/mol. The number of ether oxygens (including phenoxy) is 1. The summed E-state index contributed by atoms with van der Waals surface area (Å²) in [6.07, 6.45) is 5.45. The average Bonchev–Trinajstić information content (AvgIpc) is 2.80. The van der Waals surface area contributed by atoms with E-state index in [0.29, 0.717) is 11.5 Å². The Kier molecular flexibility index (Phi) is 3.17. The van der Waals surface area contributed by atoms with Gasteiger partial charge in [-0.3, -0.25) is 0 Å². The summed E-state index contributed by atoms with van der Waals surface area (Å²) in [5.41, 5.74) is 1.92. The zero-order chi connectivity index (χ0) is 11.6. The van der Waals surface area contributed by atoms with Crippen LogP contribution in [0, 0.1) is 5.41 Å². The van der Waals surface area contributed by atoms with Crippen LogP contribution >= 0.6 is 0 Å². The van der Waals surface area contributed by atoms with Crippen LogP contribution in [-0.2, 0) is 11.2 Å². The van der Waals surface area contributed by atoms with E-state index >= 15 is 0 Å². The Hall–Kier alpha value is -0.860. The highest BCUT2D eigenvalue weighted by Gasteiger charge is 2.39. The molecular formula is C15H21NO. The summed E-state index contributed by atoms with van der Waals surface area (Å²) in [6, 6.07) is 10.9. The molecule has 92 valence electrons. The Morgan fingerprint density at radius 1 is 1.24 bits per heavy atom. The molecule has 1 atom stereocenters. The van der Waals surface area contributed by atoms with Gasteiger partial charge in [-0.1, -0.05) is 30.3 Å². The maximum atomic E-state index is 5.79. The molecule has 17 heavy (non-hydrogen) atoms. The van der Waals surface area contributed by atoms with Gasteiger partial charge in [0.1, 0.15) is 0 Å². The second-order valence-corrected chi connectivity index (χ2v) is 5.61. The predicted octanol–water partition coefficient (Wildman–Crippen LogP) is 2.39. The molecule has 1 N–H and O–H groups in total. The minimum atomic E-state index is 0.455. The molecule has 2 heteroatoms. The number of nitrogens with one attached hydrogen (secondary N) is 1. The number of hydrogen-bond donors (Lipinski definition) is 1. The maximum Gasteiger partial charge on any atom is 0.0582 e. The van der Waals surface area contributed by atoms with Crippen LogP contribution in [0.1, 0.15) is 24.8 Å². The van der Waals surface area contributed by atoms with Crippen LogP contribution in [0.5, 0.6) is 0 Å². The van der Waals surface area contributed by atoms with Gasteiger partial charge in [0.2, 0.25) is 0 Å². The molecule has 0 saturated carbocycles. The molecule has 1 aromatic rings. The second kappa shape index (κ2) is 4.79. The van der Waals surface area contributed by atoms with Crippen molar-refractivity contribution in [1.29, 1.82) is 0 Å². The first-order valence-corrected chi connectivity index (χ1v) is 6.73. The Balaban J connectivity index is 1.65. The number of benzene rings is 1. The van der Waals surface area contributed by atoms with Crippen molar-refractivity contribution in [1.82, 2.24) is 5.32 Å². The van der Waals surface area contributed by atoms with Gasteiger partial charge in [0.15, 0.2) is 0 Å². The van der Waals surface area contributed by atoms with E-state index < -0.39 is 0 Å². The summed E-state index contributed by atoms with van der Waals surface area (Å²) < 4.78 is 5.79. The maximum absolute atomic E-state index is 5.79. The lowest BCUT2D eigenvalue weighted by atomic mass is 9.72. The highest BCUT2D eigenvalue weighted by atomic mass is 16.5. The van der Waals surface area contributed by atoms with Gasteiger partial charge in [0.25, 0.3) is 0 Å². The van der Waals surface area contributed by atoms with Crippen molar-refractivity contribution in [2.45, 2.75) is 31.8 Å². The van der Waals surface area contributed by atoms with Crippen molar-refractivity contribution in [2.24, 2.45) is 5.41 Å². The SMILES string of the molecule is c1ccc(CC2(CC3CCCO3)CNC2)cc1. The standard InChI is InChI=1S/C15H21NO/c1-2-5-13(6-3-1)9-15(11-16-12-15)10-14-7-4-8-17-14/h1-3,5-6,14,16H,4,7-12H2. The molecule has 2 saturated heterocycles. The summed E-state index contributed by atoms with van der Waals surface area (Å²) in [7, 11) is 0. The molecule has 0 spiro atoms. The highest BCUT2D eigenvalue weighted by Crippen LogP contribution is 2.35. The summed E-state index contributed by atoms with van der Waals surface area (Å²) in [4.78, 5) is 0. The van der Waals surface area contributed by atoms with E-state index in [1.165, 1.54) is 31.2 Å². The Morgan fingerprint density at radius 2 is 2.06 bits per heavy atom. The van der Waals surface area contributed by atoms with E-state index in [1.807, 2.05) is 0 Å². The fourth-order valence-electron chi connectivity index (χ4n) is 3.14. The molecule has 2 aliphatic heterocycles. The fourth-order valence-corrected chi connectivity index (χ4v) is 3.14. The monoisotopic (exact) mass is 231 g/mol. The molecule has 2 nitrogen and oxygen atoms in total. The van der Waals surface area contributed by atoms with Gasteiger partial charge in [0.05, 0.1) is 6.10 Å². The fraction of sp³-hybridized carbons (Fsp3) is 0.600. The smallest absolute Gasteiger partial charge is 0.0582 e. The van der Waals surface area contributed by atoms with E-state index in [4.69, 9.17) is 4.74 Å². The molecule has 0 bridgehead atoms. The summed E-state index contributed by atoms with van der Waals surface area (Å²) in [5, 5.41) is 3.44. The molecule has 0 radical (unpaired) electrons. The summed E-state index contributed by atoms with van der Waals surface area (Å²) >= 11 is 0. The van der Waals surface area contributed by atoms with Crippen LogP contribution in [-0.4, -0.2) is 25.8 Å². The van der Waals surface area contributed by atoms with E-state index in [1.54, 1.807) is 0 Å². The van der Waals surface area contributed by atoms with Crippen LogP contribution in [0.15, 0.2) is 30.3 Å². The van der Waals surface area contributed by atoms with Gasteiger partial charge in [-0.05, 0) is 31.2 Å². The minimum absolute atomic E-state index is 0.455. The van der Waals surface area contributed by atoms with Crippen LogP contribution in [0.3, 0.4) is 0 Å². The molecule has 2 fully saturated rings. The molecular weight excluding hydrogens is 210 g/mol. The van der Waals surface area contributed by atoms with Crippen molar-refractivity contribution in [2.75, 3.05) is 19.7 Å². The van der Waals surface area contributed by atoms with Crippen LogP contribution < -0.4 is 5.32 Å². The van der Waals surface area contributed by atoms with Crippen LogP contribution in [0.2, 0.25) is 0 Å². The quantitative estimate of drug-likeness (QED) is 0.859. The third kappa shape index (κ3) is 2.53. The van der Waals surface area contributed by atoms with Gasteiger partial charge in [-0.25, -0.2) is 0 Å². The minimum Gasteiger partial charge on any atom is -0.378 e. The normalized spacial score (nSPS) is 26.7. The second-order valence-electron chi connectivity index (χ2n) is 5.61. The molecule has 1 aromatic carbocycles. The Morgan fingerprint density at radius 3 is 2.65 bits per heavy atom. The highest BCUT2D eigenvalue weighted by molar-refractivity contribution is 5.18. The van der Waals surface area contributed by atoms with Crippen molar-refractivity contribution < 1.29 is 4.74 Å². The lowest BCUT2D eigenvalue weighted by molar-refractivity contribution is 0.0358. The molecule has 2 heterocycles. The van der Waals surface area contributed by atoms with Gasteiger partial charge in [0, 0.05) is 25.1 Å². The van der Waals surface area contributed by atoms with E-state index in [0.717, 1.165) is 19.7 Å². The molecule has 1 unspecified atom stereocenters. The number of hydrogen-bond acceptors (Lipinski definition) is 2. The first kappa shape index (κ1) is 11.2. The molecule has 0 aromatic heterocycles. The zero-order valence-corrected chi connectivity index (χ0v) is 10.3. The topological polar surface area (TPSA) is 21.3 Å². The molecule has 0 aliphatic carbocycles. The van der Waals surface area contributed by atoms with E-state index in [-0.39, 0.29) is 0 Å². The van der Waals surface area contributed by atoms with Crippen molar-refractivity contribution in [3.8, 4) is 0 Å². The molecule has 2 aliphatic rings. The third-order valence-electron chi connectivity index (χ3n) is 4.11. The first-order chi connectivity index (χ1) is 8.36. The Labute approximate surface area is 103 Å². The van der Waals surface area contributed by atoms with Crippen molar-refractivity contribution >= 4 is 0 Å². The van der Waals surface area contributed by atoms with Gasteiger partial charge in [-0.15, -0.1) is 0 Å². The number of rotatable bonds is 4. The summed E-state index contributed by atoms with van der Waals surface area (Å²) in [5.74, 6) is 0. The first-order valence-electron chi connectivity index (χ1n) is 6.73. The largest absolute Gasteiger partial charge is 0.378 e. The van der Waals surface area contributed by atoms with E-state index in [2.05, 4.69) is 35.6 Å². The molecule has 3 rings (SSSR count).